The molecular formula is C12H16N3O2Tc. The monoisotopic (exact) mass is 331 g/mol. The number of rotatable bonds is 6. The Morgan fingerprint density at radius 2 is 2.28 bits per heavy atom. The van der Waals surface area contributed by atoms with Crippen molar-refractivity contribution in [1.82, 2.24) is 4.98 Å². The van der Waals surface area contributed by atoms with Gasteiger partial charge in [0.15, 0.2) is 0 Å². The van der Waals surface area contributed by atoms with Crippen molar-refractivity contribution in [3.05, 3.63) is 41.2 Å². The average Bonchev–Trinajstić information content (AvgIpc) is 2.83. The molecule has 0 aliphatic heterocycles. The van der Waals surface area contributed by atoms with Gasteiger partial charge in [0, 0.05) is 12.3 Å². The number of aliphatic imine (C=N–C) groups is 1. The summed E-state index contributed by atoms with van der Waals surface area (Å²) in [5.41, 5.74) is 1.74. The second-order valence-electron chi connectivity index (χ2n) is 3.51. The molecule has 0 atom stereocenters. The molecular weight excluding hydrogens is 316 g/mol. The van der Waals surface area contributed by atoms with Gasteiger partial charge in [-0.05, 0) is 6.92 Å². The Balaban J connectivity index is 0.00000137. The molecule has 1 heterocycles. The van der Waals surface area contributed by atoms with Crippen LogP contribution in [0.4, 0.5) is 0 Å². The first-order valence-corrected chi connectivity index (χ1v) is 6.16. The normalized spacial score (nSPS) is 11.8. The van der Waals surface area contributed by atoms with Crippen molar-refractivity contribution in [2.45, 2.75) is 20.4 Å². The molecule has 0 spiro atoms. The number of nitrogens with zero attached hydrogens (tertiary/aromatic N) is 3. The van der Waals surface area contributed by atoms with Gasteiger partial charge in [-0.2, -0.15) is 11.9 Å². The van der Waals surface area contributed by atoms with E-state index in [-0.39, 0.29) is 5.76 Å². The Kier molecular flexibility index (Phi) is 10.3. The summed E-state index contributed by atoms with van der Waals surface area (Å²) in [5.74, 6) is 0.0270. The summed E-state index contributed by atoms with van der Waals surface area (Å²) < 4.78 is 8.22. The van der Waals surface area contributed by atoms with E-state index < -0.39 is 0 Å². The molecule has 0 aliphatic rings. The van der Waals surface area contributed by atoms with Crippen LogP contribution < -0.4 is 10.1 Å². The summed E-state index contributed by atoms with van der Waals surface area (Å²) in [6, 6.07) is 3.84. The zero-order chi connectivity index (χ0) is 13.8. The van der Waals surface area contributed by atoms with Gasteiger partial charge in [-0.3, -0.25) is 4.99 Å². The molecule has 0 fully saturated rings. The Bertz CT molecular complexity index is 371. The number of allylic oxidation sites excluding steroid dienone is 2. The second kappa shape index (κ2) is 11.0. The molecule has 0 aliphatic carbocycles. The van der Waals surface area contributed by atoms with Crippen LogP contribution in [0.2, 0.25) is 0 Å². The standard InChI is InChI=1S/C12H17N3O.O.Tc/c1-10(8-11(2)16)14-7-6-13-9-12-4-3-5-15-12;;/h3-5,8H,6-7,9H2,1-2H3,(H,14,16);;/q-2;;+3/p-1. The molecule has 5 nitrogen and oxygen atoms in total. The van der Waals surface area contributed by atoms with Gasteiger partial charge in [-0.25, -0.2) is 0 Å². The summed E-state index contributed by atoms with van der Waals surface area (Å²) in [6.07, 6.45) is 3.29. The minimum atomic E-state index is 0.0270. The topological polar surface area (TPSA) is 80.7 Å². The quantitative estimate of drug-likeness (QED) is 0.445. The van der Waals surface area contributed by atoms with Gasteiger partial charge < -0.3 is 15.4 Å². The zero-order valence-electron chi connectivity index (χ0n) is 10.5. The van der Waals surface area contributed by atoms with Crippen LogP contribution >= 0.6 is 0 Å². The van der Waals surface area contributed by atoms with E-state index in [0.717, 1.165) is 30.3 Å². The fourth-order valence-electron chi connectivity index (χ4n) is 1.26. The number of aromatic nitrogens is 1. The van der Waals surface area contributed by atoms with Gasteiger partial charge in [0.05, 0.1) is 0 Å². The number of hydrogen-bond donors (Lipinski definition) is 0. The van der Waals surface area contributed by atoms with Crippen molar-refractivity contribution < 1.29 is 27.5 Å². The van der Waals surface area contributed by atoms with E-state index in [2.05, 4.69) is 15.3 Å². The average molecular weight is 332 g/mol. The molecule has 1 rings (SSSR count). The van der Waals surface area contributed by atoms with Crippen LogP contribution in [-0.4, -0.2) is 18.8 Å². The van der Waals surface area contributed by atoms with Crippen molar-refractivity contribution in [3.63, 3.8) is 0 Å². The van der Waals surface area contributed by atoms with Crippen molar-refractivity contribution in [1.29, 1.82) is 0 Å². The Hall–Kier alpha value is -1.10. The van der Waals surface area contributed by atoms with Crippen LogP contribution in [0.15, 0.2) is 35.2 Å². The molecule has 0 saturated carbocycles. The molecule has 18 heavy (non-hydrogen) atoms. The Morgan fingerprint density at radius 3 is 2.83 bits per heavy atom. The summed E-state index contributed by atoms with van der Waals surface area (Å²) in [4.78, 5) is 8.32. The second-order valence-corrected chi connectivity index (χ2v) is 3.51. The van der Waals surface area contributed by atoms with E-state index in [4.69, 9.17) is 3.50 Å². The van der Waals surface area contributed by atoms with E-state index in [1.54, 1.807) is 6.20 Å². The van der Waals surface area contributed by atoms with E-state index in [1.807, 2.05) is 19.1 Å². The minimum absolute atomic E-state index is 0.0270. The van der Waals surface area contributed by atoms with Crippen LogP contribution in [0.5, 0.6) is 0 Å². The first kappa shape index (κ1) is 16.9. The van der Waals surface area contributed by atoms with Crippen LogP contribution in [0.25, 0.3) is 5.32 Å². The molecule has 0 unspecified atom stereocenters. The molecule has 0 radical (unpaired) electrons. The van der Waals surface area contributed by atoms with Gasteiger partial charge in [-0.15, -0.1) is 18.8 Å². The molecule has 0 N–H and O–H groups in total. The SMILES string of the molecule is CC([O-])=CC(C)=NCC[N-]Cc1ccc[n-]1.[O]=[Tc+3]. The van der Waals surface area contributed by atoms with Gasteiger partial charge >= 0.3 is 22.4 Å². The van der Waals surface area contributed by atoms with Crippen molar-refractivity contribution >= 4 is 5.71 Å². The number of hydrogen-bond acceptors (Lipinski definition) is 3. The van der Waals surface area contributed by atoms with E-state index >= 15 is 0 Å². The van der Waals surface area contributed by atoms with Gasteiger partial charge in [-0.1, -0.05) is 25.1 Å². The molecule has 0 bridgehead atoms. The molecule has 0 amide bonds. The molecule has 6 heteroatoms. The molecule has 0 aromatic carbocycles. The first-order valence-electron chi connectivity index (χ1n) is 5.40. The maximum atomic E-state index is 10.7. The van der Waals surface area contributed by atoms with Crippen LogP contribution in [0.3, 0.4) is 0 Å². The van der Waals surface area contributed by atoms with Crippen LogP contribution in [0.1, 0.15) is 19.5 Å². The van der Waals surface area contributed by atoms with E-state index in [9.17, 15) is 5.11 Å². The first-order chi connectivity index (χ1) is 8.68. The Labute approximate surface area is 118 Å². The summed E-state index contributed by atoms with van der Waals surface area (Å²) in [5, 5.41) is 15.0. The zero-order valence-corrected chi connectivity index (χ0v) is 12.3. The molecule has 98 valence electrons. The van der Waals surface area contributed by atoms with Crippen molar-refractivity contribution in [2.75, 3.05) is 13.1 Å². The fraction of sp³-hybridized carbons (Fsp3) is 0.417. The van der Waals surface area contributed by atoms with Gasteiger partial charge in [0.25, 0.3) is 0 Å². The van der Waals surface area contributed by atoms with Crippen molar-refractivity contribution in [2.24, 2.45) is 4.99 Å². The summed E-state index contributed by atoms with van der Waals surface area (Å²) in [6.45, 7) is 5.26. The van der Waals surface area contributed by atoms with Crippen molar-refractivity contribution in [3.8, 4) is 0 Å². The van der Waals surface area contributed by atoms with E-state index in [0.29, 0.717) is 19.6 Å². The van der Waals surface area contributed by atoms with Gasteiger partial charge in [0.1, 0.15) is 0 Å². The van der Waals surface area contributed by atoms with E-state index in [1.165, 1.54) is 13.0 Å². The fourth-order valence-corrected chi connectivity index (χ4v) is 1.26. The third kappa shape index (κ3) is 8.98. The Morgan fingerprint density at radius 1 is 1.56 bits per heavy atom. The third-order valence-corrected chi connectivity index (χ3v) is 1.92. The van der Waals surface area contributed by atoms with Gasteiger partial charge in [0.2, 0.25) is 0 Å². The molecule has 1 aromatic rings. The van der Waals surface area contributed by atoms with Crippen LogP contribution in [-0.2, 0) is 28.9 Å². The molecule has 1 aromatic heterocycles. The summed E-state index contributed by atoms with van der Waals surface area (Å²) in [7, 11) is 0. The van der Waals surface area contributed by atoms with Crippen LogP contribution in [0, 0.1) is 0 Å². The molecule has 0 saturated heterocycles. The third-order valence-electron chi connectivity index (χ3n) is 1.92. The summed E-state index contributed by atoms with van der Waals surface area (Å²) >= 11 is 0.900. The predicted octanol–water partition coefficient (Wildman–Crippen LogP) is 1.12. The maximum absolute atomic E-state index is 10.7. The predicted molar refractivity (Wildman–Crippen MR) is 64.1 cm³/mol.